The van der Waals surface area contributed by atoms with Gasteiger partial charge in [0.25, 0.3) is 0 Å². The van der Waals surface area contributed by atoms with Crippen LogP contribution in [0.2, 0.25) is 0 Å². The minimum Gasteiger partial charge on any atom is -0.264 e. The van der Waals surface area contributed by atoms with Gasteiger partial charge in [-0.2, -0.15) is 0 Å². The smallest absolute Gasteiger partial charge is 0.0788 e. The minimum atomic E-state index is 1.00. The van der Waals surface area contributed by atoms with E-state index in [1.165, 1.54) is 70.6 Å². The zero-order chi connectivity index (χ0) is 31.6. The first kappa shape index (κ1) is 26.8. The molecule has 0 aliphatic carbocycles. The fraction of sp³-hybridized carbons (Fsp3) is 0. The van der Waals surface area contributed by atoms with Gasteiger partial charge in [0.1, 0.15) is 0 Å². The van der Waals surface area contributed by atoms with Crippen molar-refractivity contribution < 1.29 is 0 Å². The second kappa shape index (κ2) is 10.6. The number of hydrogen-bond donors (Lipinski definition) is 0. The van der Waals surface area contributed by atoms with Crippen molar-refractivity contribution >= 4 is 64.8 Å². The van der Waals surface area contributed by atoms with Gasteiger partial charge >= 0.3 is 0 Å². The van der Waals surface area contributed by atoms with Crippen LogP contribution in [0.3, 0.4) is 0 Å². The molecule has 2 aromatic heterocycles. The first-order valence-corrected chi connectivity index (χ1v) is 16.4. The molecule has 0 aliphatic heterocycles. The summed E-state index contributed by atoms with van der Waals surface area (Å²) < 4.78 is 0. The summed E-state index contributed by atoms with van der Waals surface area (Å²) >= 11 is 0. The molecule has 0 N–H and O–H groups in total. The van der Waals surface area contributed by atoms with Crippen LogP contribution in [-0.4, -0.2) is 9.97 Å². The van der Waals surface area contributed by atoms with Gasteiger partial charge in [0.2, 0.25) is 0 Å². The number of benzene rings is 8. The molecule has 0 amide bonds. The standard InChI is InChI=1S/C46H28N2/c1-2-13-29(14-3-1)46-41-27-39(33-18-6-7-19-34(33)45(41)40-25-30-15-4-5-16-31(30)26-42(40)48-46)44-37-22-10-8-20-35(37)43(32-17-12-24-47-28-32)36-21-9-11-23-38(36)44/h1-28H. The molecule has 2 nitrogen and oxygen atoms in total. The topological polar surface area (TPSA) is 25.8 Å². The fourth-order valence-corrected chi connectivity index (χ4v) is 7.82. The number of nitrogens with zero attached hydrogens (tertiary/aromatic N) is 2. The van der Waals surface area contributed by atoms with Crippen molar-refractivity contribution in [3.05, 3.63) is 170 Å². The SMILES string of the molecule is c1ccc(-c2nc3cc4ccccc4cc3c3c2cc(-c2c4ccccc4c(-c4cccnc4)c4ccccc24)c2ccccc23)cc1. The lowest BCUT2D eigenvalue weighted by molar-refractivity contribution is 1.33. The second-order valence-electron chi connectivity index (χ2n) is 12.5. The van der Waals surface area contributed by atoms with Crippen molar-refractivity contribution in [3.8, 4) is 33.5 Å². The summed E-state index contributed by atoms with van der Waals surface area (Å²) in [5.74, 6) is 0. The second-order valence-corrected chi connectivity index (χ2v) is 12.5. The molecule has 2 heterocycles. The Bertz CT molecular complexity index is 2820. The highest BCUT2D eigenvalue weighted by Crippen LogP contribution is 2.48. The van der Waals surface area contributed by atoms with Crippen LogP contribution in [0.4, 0.5) is 0 Å². The Hall–Kier alpha value is -6.38. The van der Waals surface area contributed by atoms with Crippen LogP contribution in [0.25, 0.3) is 98.3 Å². The maximum atomic E-state index is 5.44. The number of rotatable bonds is 3. The predicted molar refractivity (Wildman–Crippen MR) is 203 cm³/mol. The number of hydrogen-bond acceptors (Lipinski definition) is 2. The summed E-state index contributed by atoms with van der Waals surface area (Å²) in [6.45, 7) is 0. The van der Waals surface area contributed by atoms with Gasteiger partial charge in [0, 0.05) is 39.7 Å². The largest absolute Gasteiger partial charge is 0.264 e. The van der Waals surface area contributed by atoms with E-state index >= 15 is 0 Å². The third-order valence-corrected chi connectivity index (χ3v) is 9.86. The Morgan fingerprint density at radius 2 is 0.938 bits per heavy atom. The van der Waals surface area contributed by atoms with E-state index in [1.807, 2.05) is 18.5 Å². The van der Waals surface area contributed by atoms with Gasteiger partial charge in [-0.05, 0) is 84.0 Å². The lowest BCUT2D eigenvalue weighted by Crippen LogP contribution is -1.95. The van der Waals surface area contributed by atoms with Crippen molar-refractivity contribution in [1.82, 2.24) is 9.97 Å². The summed E-state index contributed by atoms with van der Waals surface area (Å²) in [7, 11) is 0. The minimum absolute atomic E-state index is 1.00. The number of fused-ring (bicyclic) bond motifs is 8. The summed E-state index contributed by atoms with van der Waals surface area (Å²) in [5.41, 5.74) is 7.91. The van der Waals surface area contributed by atoms with Crippen molar-refractivity contribution in [2.75, 3.05) is 0 Å². The van der Waals surface area contributed by atoms with Crippen molar-refractivity contribution in [2.45, 2.75) is 0 Å². The molecule has 0 spiro atoms. The van der Waals surface area contributed by atoms with Gasteiger partial charge in [-0.3, -0.25) is 4.98 Å². The maximum absolute atomic E-state index is 5.44. The molecule has 0 bridgehead atoms. The van der Waals surface area contributed by atoms with E-state index < -0.39 is 0 Å². The molecular weight excluding hydrogens is 581 g/mol. The van der Waals surface area contributed by atoms with Gasteiger partial charge < -0.3 is 0 Å². The third-order valence-electron chi connectivity index (χ3n) is 9.86. The van der Waals surface area contributed by atoms with Gasteiger partial charge in [0.15, 0.2) is 0 Å². The molecule has 222 valence electrons. The normalized spacial score (nSPS) is 11.8. The Morgan fingerprint density at radius 1 is 0.375 bits per heavy atom. The van der Waals surface area contributed by atoms with Gasteiger partial charge in [-0.1, -0.05) is 133 Å². The lowest BCUT2D eigenvalue weighted by Gasteiger charge is -2.20. The molecule has 10 rings (SSSR count). The van der Waals surface area contributed by atoms with Crippen molar-refractivity contribution in [1.29, 1.82) is 0 Å². The van der Waals surface area contributed by atoms with E-state index in [2.05, 4.69) is 157 Å². The van der Waals surface area contributed by atoms with E-state index in [-0.39, 0.29) is 0 Å². The van der Waals surface area contributed by atoms with Crippen LogP contribution >= 0.6 is 0 Å². The maximum Gasteiger partial charge on any atom is 0.0788 e. The van der Waals surface area contributed by atoms with E-state index in [4.69, 9.17) is 4.98 Å². The summed E-state index contributed by atoms with van der Waals surface area (Å²) in [5, 5.41) is 13.3. The van der Waals surface area contributed by atoms with E-state index in [9.17, 15) is 0 Å². The molecule has 10 aromatic rings. The lowest BCUT2D eigenvalue weighted by atomic mass is 9.83. The average molecular weight is 609 g/mol. The van der Waals surface area contributed by atoms with Gasteiger partial charge in [-0.25, -0.2) is 4.98 Å². The van der Waals surface area contributed by atoms with Gasteiger partial charge in [0.05, 0.1) is 11.2 Å². The van der Waals surface area contributed by atoms with Crippen molar-refractivity contribution in [2.24, 2.45) is 0 Å². The molecule has 0 fully saturated rings. The highest BCUT2D eigenvalue weighted by Gasteiger charge is 2.21. The average Bonchev–Trinajstić information content (AvgIpc) is 3.16. The zero-order valence-electron chi connectivity index (χ0n) is 26.1. The van der Waals surface area contributed by atoms with Crippen LogP contribution < -0.4 is 0 Å². The van der Waals surface area contributed by atoms with E-state index in [0.29, 0.717) is 0 Å². The Morgan fingerprint density at radius 3 is 1.60 bits per heavy atom. The monoisotopic (exact) mass is 608 g/mol. The van der Waals surface area contributed by atoms with Crippen LogP contribution in [0, 0.1) is 0 Å². The van der Waals surface area contributed by atoms with Crippen molar-refractivity contribution in [3.63, 3.8) is 0 Å². The molecule has 0 aliphatic rings. The molecule has 0 saturated carbocycles. The van der Waals surface area contributed by atoms with Crippen LogP contribution in [0.1, 0.15) is 0 Å². The molecule has 0 radical (unpaired) electrons. The summed E-state index contributed by atoms with van der Waals surface area (Å²) in [4.78, 5) is 9.94. The van der Waals surface area contributed by atoms with E-state index in [0.717, 1.165) is 27.7 Å². The quantitative estimate of drug-likeness (QED) is 0.147. The molecule has 8 aromatic carbocycles. The molecule has 0 atom stereocenters. The molecule has 0 unspecified atom stereocenters. The highest BCUT2D eigenvalue weighted by molar-refractivity contribution is 6.30. The van der Waals surface area contributed by atoms with Crippen LogP contribution in [-0.2, 0) is 0 Å². The fourth-order valence-electron chi connectivity index (χ4n) is 7.82. The number of pyridine rings is 2. The third kappa shape index (κ3) is 4.00. The summed E-state index contributed by atoms with van der Waals surface area (Å²) in [6, 6.07) is 57.0. The number of aromatic nitrogens is 2. The highest BCUT2D eigenvalue weighted by atomic mass is 14.7. The first-order valence-electron chi connectivity index (χ1n) is 16.4. The molecular formula is C46H28N2. The van der Waals surface area contributed by atoms with E-state index in [1.54, 1.807) is 0 Å². The van der Waals surface area contributed by atoms with Crippen LogP contribution in [0.5, 0.6) is 0 Å². The first-order chi connectivity index (χ1) is 23.8. The Labute approximate surface area is 277 Å². The molecule has 48 heavy (non-hydrogen) atoms. The molecule has 0 saturated heterocycles. The Kier molecular flexibility index (Phi) is 5.91. The Balaban J connectivity index is 1.42. The van der Waals surface area contributed by atoms with Crippen LogP contribution in [0.15, 0.2) is 170 Å². The molecule has 2 heteroatoms. The zero-order valence-corrected chi connectivity index (χ0v) is 26.1. The summed E-state index contributed by atoms with van der Waals surface area (Å²) in [6.07, 6.45) is 3.82. The van der Waals surface area contributed by atoms with Gasteiger partial charge in [-0.15, -0.1) is 0 Å². The predicted octanol–water partition coefficient (Wildman–Crippen LogP) is 12.4.